The third-order valence-electron chi connectivity index (χ3n) is 2.92. The summed E-state index contributed by atoms with van der Waals surface area (Å²) in [4.78, 5) is 16.1. The van der Waals surface area contributed by atoms with Gasteiger partial charge < -0.3 is 4.90 Å². The molecule has 116 valence electrons. The predicted octanol–water partition coefficient (Wildman–Crippen LogP) is 4.59. The quantitative estimate of drug-likeness (QED) is 0.453. The number of carbonyl (C=O) groups excluding carboxylic acids is 1. The minimum absolute atomic E-state index is 0.0804. The number of thioether (sulfide) groups is 1. The molecular formula is C18H15ClN2OS. The summed E-state index contributed by atoms with van der Waals surface area (Å²) in [6, 6.07) is 16.0. The Labute approximate surface area is 145 Å². The van der Waals surface area contributed by atoms with Gasteiger partial charge in [0.2, 0.25) is 5.78 Å². The van der Waals surface area contributed by atoms with Crippen molar-refractivity contribution in [2.24, 2.45) is 0 Å². The second kappa shape index (κ2) is 7.87. The number of nitriles is 1. The van der Waals surface area contributed by atoms with Gasteiger partial charge in [0.1, 0.15) is 0 Å². The van der Waals surface area contributed by atoms with Crippen LogP contribution in [0.5, 0.6) is 0 Å². The van der Waals surface area contributed by atoms with Gasteiger partial charge in [-0.3, -0.25) is 4.79 Å². The molecule has 0 aromatic heterocycles. The van der Waals surface area contributed by atoms with Crippen LogP contribution < -0.4 is 0 Å². The maximum absolute atomic E-state index is 12.7. The highest BCUT2D eigenvalue weighted by atomic mass is 35.5. The highest BCUT2D eigenvalue weighted by Gasteiger charge is 2.14. The van der Waals surface area contributed by atoms with Crippen LogP contribution in [0.15, 0.2) is 64.5 Å². The van der Waals surface area contributed by atoms with Crippen LogP contribution in [0.4, 0.5) is 0 Å². The van der Waals surface area contributed by atoms with Gasteiger partial charge in [-0.15, -0.1) is 0 Å². The fourth-order valence-corrected chi connectivity index (χ4v) is 2.96. The number of rotatable bonds is 5. The molecule has 0 aliphatic rings. The Morgan fingerprint density at radius 1 is 1.13 bits per heavy atom. The van der Waals surface area contributed by atoms with E-state index in [0.29, 0.717) is 21.1 Å². The Morgan fingerprint density at radius 3 is 2.26 bits per heavy atom. The number of carbonyl (C=O) groups is 1. The lowest BCUT2D eigenvalue weighted by atomic mass is 10.1. The first-order valence-corrected chi connectivity index (χ1v) is 8.05. The van der Waals surface area contributed by atoms with Crippen LogP contribution in [0.2, 0.25) is 5.02 Å². The topological polar surface area (TPSA) is 44.1 Å². The van der Waals surface area contributed by atoms with Crippen molar-refractivity contribution in [3.8, 4) is 6.07 Å². The van der Waals surface area contributed by atoms with Crippen LogP contribution in [-0.4, -0.2) is 24.8 Å². The zero-order valence-electron chi connectivity index (χ0n) is 12.8. The van der Waals surface area contributed by atoms with Gasteiger partial charge in [-0.25, -0.2) is 0 Å². The van der Waals surface area contributed by atoms with Gasteiger partial charge in [0.15, 0.2) is 0 Å². The Balaban J connectivity index is 2.28. The summed E-state index contributed by atoms with van der Waals surface area (Å²) >= 11 is 7.28. The van der Waals surface area contributed by atoms with E-state index in [1.54, 1.807) is 42.6 Å². The molecule has 2 aromatic rings. The molecule has 0 amide bonds. The fourth-order valence-electron chi connectivity index (χ4n) is 1.83. The van der Waals surface area contributed by atoms with Crippen molar-refractivity contribution < 1.29 is 4.79 Å². The fraction of sp³-hybridized carbons (Fsp3) is 0.111. The van der Waals surface area contributed by atoms with Crippen molar-refractivity contribution in [3.63, 3.8) is 0 Å². The molecule has 0 bridgehead atoms. The van der Waals surface area contributed by atoms with Gasteiger partial charge in [-0.2, -0.15) is 5.26 Å². The summed E-state index contributed by atoms with van der Waals surface area (Å²) in [5, 5.41) is 9.50. The van der Waals surface area contributed by atoms with E-state index in [0.717, 1.165) is 4.90 Å². The highest BCUT2D eigenvalue weighted by molar-refractivity contribution is 8.04. The van der Waals surface area contributed by atoms with E-state index in [9.17, 15) is 4.79 Å². The van der Waals surface area contributed by atoms with E-state index < -0.39 is 0 Å². The molecule has 0 heterocycles. The molecule has 3 nitrogen and oxygen atoms in total. The number of hydrogen-bond acceptors (Lipinski definition) is 4. The molecule has 2 aromatic carbocycles. The molecule has 23 heavy (non-hydrogen) atoms. The molecule has 0 radical (unpaired) electrons. The van der Waals surface area contributed by atoms with Crippen LogP contribution in [0, 0.1) is 11.3 Å². The van der Waals surface area contributed by atoms with Crippen molar-refractivity contribution in [2.75, 3.05) is 14.1 Å². The molecule has 5 heteroatoms. The second-order valence-electron chi connectivity index (χ2n) is 5.03. The second-order valence-corrected chi connectivity index (χ2v) is 6.58. The normalized spacial score (nSPS) is 11.0. The van der Waals surface area contributed by atoms with Crippen molar-refractivity contribution in [2.45, 2.75) is 4.90 Å². The van der Waals surface area contributed by atoms with Crippen LogP contribution in [0.1, 0.15) is 15.9 Å². The Hall–Kier alpha value is -2.22. The first-order chi connectivity index (χ1) is 11.0. The molecular weight excluding hydrogens is 328 g/mol. The summed E-state index contributed by atoms with van der Waals surface area (Å²) in [7, 11) is 3.74. The summed E-state index contributed by atoms with van der Waals surface area (Å²) in [5.41, 5.74) is 1.09. The number of ketones is 1. The molecule has 0 aliphatic carbocycles. The number of halogens is 1. The van der Waals surface area contributed by atoms with Gasteiger partial charge in [0, 0.05) is 35.8 Å². The lowest BCUT2D eigenvalue weighted by Gasteiger charge is -2.11. The van der Waals surface area contributed by atoms with Crippen molar-refractivity contribution >= 4 is 29.1 Å². The van der Waals surface area contributed by atoms with Gasteiger partial charge in [0.05, 0.1) is 16.5 Å². The lowest BCUT2D eigenvalue weighted by Crippen LogP contribution is -2.08. The van der Waals surface area contributed by atoms with E-state index in [4.69, 9.17) is 16.9 Å². The van der Waals surface area contributed by atoms with E-state index in [1.807, 2.05) is 37.2 Å². The zero-order chi connectivity index (χ0) is 16.8. The van der Waals surface area contributed by atoms with E-state index in [-0.39, 0.29) is 5.78 Å². The third-order valence-corrected chi connectivity index (χ3v) is 4.19. The van der Waals surface area contributed by atoms with Gasteiger partial charge in [0.25, 0.3) is 0 Å². The molecule has 0 atom stereocenters. The third kappa shape index (κ3) is 4.88. The lowest BCUT2D eigenvalue weighted by molar-refractivity contribution is 0.104. The van der Waals surface area contributed by atoms with Crippen LogP contribution >= 0.6 is 23.4 Å². The number of nitrogens with zero attached hydrogens (tertiary/aromatic N) is 2. The predicted molar refractivity (Wildman–Crippen MR) is 94.6 cm³/mol. The molecule has 0 saturated heterocycles. The van der Waals surface area contributed by atoms with E-state index in [2.05, 4.69) is 0 Å². The Bertz CT molecular complexity index is 759. The number of hydrogen-bond donors (Lipinski definition) is 0. The average molecular weight is 343 g/mol. The first kappa shape index (κ1) is 17.1. The minimum atomic E-state index is -0.0804. The molecule has 2 rings (SSSR count). The van der Waals surface area contributed by atoms with Crippen molar-refractivity contribution in [1.82, 2.24) is 4.90 Å². The Kier molecular flexibility index (Phi) is 5.86. The standard InChI is InChI=1S/C18H15ClN2OS/c1-21(2)12-17(23-16-9-7-15(19)8-10-16)18(22)14-5-3-13(11-20)4-6-14/h3-10,12H,1-2H3. The average Bonchev–Trinajstić information content (AvgIpc) is 2.55. The summed E-state index contributed by atoms with van der Waals surface area (Å²) < 4.78 is 0. The van der Waals surface area contributed by atoms with Crippen molar-refractivity contribution in [1.29, 1.82) is 5.26 Å². The molecule has 0 fully saturated rings. The molecule has 0 unspecified atom stereocenters. The number of allylic oxidation sites excluding steroid dienone is 1. The van der Waals surface area contributed by atoms with Crippen LogP contribution in [0.3, 0.4) is 0 Å². The van der Waals surface area contributed by atoms with Gasteiger partial charge in [-0.1, -0.05) is 23.4 Å². The first-order valence-electron chi connectivity index (χ1n) is 6.86. The number of Topliss-reactive ketones (excluding diaryl/α,β-unsaturated/α-hetero) is 1. The maximum Gasteiger partial charge on any atom is 0.201 e. The largest absolute Gasteiger partial charge is 0.382 e. The molecule has 0 aliphatic heterocycles. The van der Waals surface area contributed by atoms with E-state index >= 15 is 0 Å². The molecule has 0 spiro atoms. The van der Waals surface area contributed by atoms with Gasteiger partial charge in [-0.05, 0) is 48.5 Å². The maximum atomic E-state index is 12.7. The molecule has 0 saturated carbocycles. The smallest absolute Gasteiger partial charge is 0.201 e. The van der Waals surface area contributed by atoms with Crippen LogP contribution in [-0.2, 0) is 0 Å². The SMILES string of the molecule is CN(C)C=C(Sc1ccc(Cl)cc1)C(=O)c1ccc(C#N)cc1. The van der Waals surface area contributed by atoms with Crippen LogP contribution in [0.25, 0.3) is 0 Å². The van der Waals surface area contributed by atoms with Gasteiger partial charge >= 0.3 is 0 Å². The van der Waals surface area contributed by atoms with Crippen molar-refractivity contribution in [3.05, 3.63) is 75.8 Å². The summed E-state index contributed by atoms with van der Waals surface area (Å²) in [6.45, 7) is 0. The van der Waals surface area contributed by atoms with E-state index in [1.165, 1.54) is 11.8 Å². The Morgan fingerprint density at radius 2 is 1.74 bits per heavy atom. The highest BCUT2D eigenvalue weighted by Crippen LogP contribution is 2.30. The number of benzene rings is 2. The minimum Gasteiger partial charge on any atom is -0.382 e. The summed E-state index contributed by atoms with van der Waals surface area (Å²) in [5.74, 6) is -0.0804. The molecule has 0 N–H and O–H groups in total. The monoisotopic (exact) mass is 342 g/mol. The zero-order valence-corrected chi connectivity index (χ0v) is 14.4. The summed E-state index contributed by atoms with van der Waals surface area (Å²) in [6.07, 6.45) is 1.79.